The standard InChI is InChI=1S/C13H28N4O/c1-3-4-6-15-13(18)12(2)17-10-8-16(7-5-14)9-11-17/h12H,3-11,14H2,1-2H3,(H,15,18). The lowest BCUT2D eigenvalue weighted by Gasteiger charge is -2.37. The number of nitrogens with one attached hydrogen (secondary N) is 1. The minimum atomic E-state index is -0.0121. The molecule has 1 rings (SSSR count). The van der Waals surface area contributed by atoms with E-state index in [1.165, 1.54) is 0 Å². The van der Waals surface area contributed by atoms with Gasteiger partial charge in [0.2, 0.25) is 5.91 Å². The fourth-order valence-electron chi connectivity index (χ4n) is 2.26. The van der Waals surface area contributed by atoms with Crippen molar-refractivity contribution in [3.05, 3.63) is 0 Å². The second-order valence-electron chi connectivity index (χ2n) is 4.99. The largest absolute Gasteiger partial charge is 0.355 e. The summed E-state index contributed by atoms with van der Waals surface area (Å²) in [6, 6.07) is -0.0121. The van der Waals surface area contributed by atoms with Crippen LogP contribution in [0.15, 0.2) is 0 Å². The van der Waals surface area contributed by atoms with Gasteiger partial charge in [-0.05, 0) is 13.3 Å². The first-order valence-electron chi connectivity index (χ1n) is 7.13. The molecule has 1 unspecified atom stereocenters. The average molecular weight is 256 g/mol. The Hall–Kier alpha value is -0.650. The van der Waals surface area contributed by atoms with E-state index in [9.17, 15) is 4.79 Å². The summed E-state index contributed by atoms with van der Waals surface area (Å²) in [4.78, 5) is 16.6. The summed E-state index contributed by atoms with van der Waals surface area (Å²) in [6.07, 6.45) is 2.18. The van der Waals surface area contributed by atoms with Gasteiger partial charge in [-0.25, -0.2) is 0 Å². The van der Waals surface area contributed by atoms with Crippen molar-refractivity contribution in [2.45, 2.75) is 32.7 Å². The van der Waals surface area contributed by atoms with E-state index in [2.05, 4.69) is 22.0 Å². The Morgan fingerprint density at radius 2 is 2.00 bits per heavy atom. The molecule has 1 atom stereocenters. The number of carbonyl (C=O) groups excluding carboxylic acids is 1. The van der Waals surface area contributed by atoms with E-state index in [0.29, 0.717) is 6.54 Å². The molecule has 1 saturated heterocycles. The zero-order valence-corrected chi connectivity index (χ0v) is 11.8. The van der Waals surface area contributed by atoms with Crippen LogP contribution in [-0.2, 0) is 4.79 Å². The highest BCUT2D eigenvalue weighted by atomic mass is 16.2. The van der Waals surface area contributed by atoms with Crippen molar-refractivity contribution in [1.29, 1.82) is 0 Å². The van der Waals surface area contributed by atoms with Gasteiger partial charge >= 0.3 is 0 Å². The molecule has 1 fully saturated rings. The Bertz CT molecular complexity index is 239. The number of hydrogen-bond acceptors (Lipinski definition) is 4. The van der Waals surface area contributed by atoms with E-state index in [-0.39, 0.29) is 11.9 Å². The van der Waals surface area contributed by atoms with Crippen LogP contribution in [0.5, 0.6) is 0 Å². The lowest BCUT2D eigenvalue weighted by atomic mass is 10.2. The maximum atomic E-state index is 11.9. The smallest absolute Gasteiger partial charge is 0.237 e. The molecule has 3 N–H and O–H groups in total. The molecule has 1 amide bonds. The van der Waals surface area contributed by atoms with Crippen LogP contribution in [0.4, 0.5) is 0 Å². The van der Waals surface area contributed by atoms with Crippen LogP contribution in [0, 0.1) is 0 Å². The SMILES string of the molecule is CCCCNC(=O)C(C)N1CCN(CCN)CC1. The molecule has 0 aromatic carbocycles. The van der Waals surface area contributed by atoms with Crippen LogP contribution in [0.3, 0.4) is 0 Å². The van der Waals surface area contributed by atoms with Crippen molar-refractivity contribution in [3.8, 4) is 0 Å². The van der Waals surface area contributed by atoms with Gasteiger partial charge in [-0.3, -0.25) is 14.6 Å². The van der Waals surface area contributed by atoms with Crippen LogP contribution in [0.25, 0.3) is 0 Å². The minimum Gasteiger partial charge on any atom is -0.355 e. The van der Waals surface area contributed by atoms with Crippen molar-refractivity contribution in [3.63, 3.8) is 0 Å². The second-order valence-corrected chi connectivity index (χ2v) is 4.99. The van der Waals surface area contributed by atoms with Gasteiger partial charge in [-0.15, -0.1) is 0 Å². The highest BCUT2D eigenvalue weighted by Crippen LogP contribution is 2.06. The van der Waals surface area contributed by atoms with Gasteiger partial charge in [0.05, 0.1) is 6.04 Å². The first kappa shape index (κ1) is 15.4. The Labute approximate surface area is 111 Å². The lowest BCUT2D eigenvalue weighted by Crippen LogP contribution is -2.54. The molecular weight excluding hydrogens is 228 g/mol. The monoisotopic (exact) mass is 256 g/mol. The van der Waals surface area contributed by atoms with E-state index in [1.54, 1.807) is 0 Å². The summed E-state index contributed by atoms with van der Waals surface area (Å²) in [7, 11) is 0. The Morgan fingerprint density at radius 3 is 2.56 bits per heavy atom. The molecule has 1 aliphatic rings. The van der Waals surface area contributed by atoms with Gasteiger partial charge in [-0.1, -0.05) is 13.3 Å². The zero-order valence-electron chi connectivity index (χ0n) is 11.8. The highest BCUT2D eigenvalue weighted by Gasteiger charge is 2.24. The van der Waals surface area contributed by atoms with Crippen molar-refractivity contribution in [2.75, 3.05) is 45.8 Å². The van der Waals surface area contributed by atoms with Crippen LogP contribution in [0.1, 0.15) is 26.7 Å². The summed E-state index contributed by atoms with van der Waals surface area (Å²) >= 11 is 0. The van der Waals surface area contributed by atoms with Crippen molar-refractivity contribution in [2.24, 2.45) is 5.73 Å². The molecule has 5 heteroatoms. The average Bonchev–Trinajstić information content (AvgIpc) is 2.39. The number of hydrogen-bond donors (Lipinski definition) is 2. The Morgan fingerprint density at radius 1 is 1.33 bits per heavy atom. The normalized spacial score (nSPS) is 19.7. The molecule has 0 aromatic rings. The molecule has 18 heavy (non-hydrogen) atoms. The molecule has 0 bridgehead atoms. The molecule has 0 spiro atoms. The molecule has 1 heterocycles. The third kappa shape index (κ3) is 4.92. The van der Waals surface area contributed by atoms with Crippen LogP contribution in [0.2, 0.25) is 0 Å². The first-order valence-corrected chi connectivity index (χ1v) is 7.13. The summed E-state index contributed by atoms with van der Waals surface area (Å²) in [5.74, 6) is 0.163. The Kier molecular flexibility index (Phi) is 7.23. The predicted octanol–water partition coefficient (Wildman–Crippen LogP) is -0.132. The number of rotatable bonds is 7. The molecule has 0 radical (unpaired) electrons. The maximum Gasteiger partial charge on any atom is 0.237 e. The molecular formula is C13H28N4O. The van der Waals surface area contributed by atoms with Crippen molar-refractivity contribution < 1.29 is 4.79 Å². The lowest BCUT2D eigenvalue weighted by molar-refractivity contribution is -0.126. The minimum absolute atomic E-state index is 0.0121. The maximum absolute atomic E-state index is 11.9. The van der Waals surface area contributed by atoms with E-state index in [4.69, 9.17) is 5.73 Å². The summed E-state index contributed by atoms with van der Waals surface area (Å²) in [6.45, 7) is 10.6. The molecule has 1 aliphatic heterocycles. The van der Waals surface area contributed by atoms with Gasteiger partial charge in [0.1, 0.15) is 0 Å². The number of amides is 1. The summed E-state index contributed by atoms with van der Waals surface area (Å²) in [5, 5.41) is 3.00. The molecule has 5 nitrogen and oxygen atoms in total. The first-order chi connectivity index (χ1) is 8.69. The van der Waals surface area contributed by atoms with Gasteiger partial charge in [0.15, 0.2) is 0 Å². The summed E-state index contributed by atoms with van der Waals surface area (Å²) in [5.41, 5.74) is 5.55. The van der Waals surface area contributed by atoms with Gasteiger partial charge in [0, 0.05) is 45.8 Å². The topological polar surface area (TPSA) is 61.6 Å². The molecule has 0 aromatic heterocycles. The molecule has 0 aliphatic carbocycles. The number of unbranched alkanes of at least 4 members (excludes halogenated alkanes) is 1. The number of piperazine rings is 1. The van der Waals surface area contributed by atoms with E-state index in [1.807, 2.05) is 6.92 Å². The number of nitrogens with two attached hydrogens (primary N) is 1. The third-order valence-electron chi connectivity index (χ3n) is 3.61. The van der Waals surface area contributed by atoms with E-state index >= 15 is 0 Å². The van der Waals surface area contributed by atoms with Crippen molar-refractivity contribution in [1.82, 2.24) is 15.1 Å². The quantitative estimate of drug-likeness (QED) is 0.623. The second kappa shape index (κ2) is 8.45. The molecule has 0 saturated carbocycles. The van der Waals surface area contributed by atoms with Gasteiger partial charge in [0.25, 0.3) is 0 Å². The Balaban J connectivity index is 2.26. The van der Waals surface area contributed by atoms with Crippen LogP contribution in [-0.4, -0.2) is 67.6 Å². The number of carbonyl (C=O) groups is 1. The highest BCUT2D eigenvalue weighted by molar-refractivity contribution is 5.81. The van der Waals surface area contributed by atoms with E-state index < -0.39 is 0 Å². The summed E-state index contributed by atoms with van der Waals surface area (Å²) < 4.78 is 0. The zero-order chi connectivity index (χ0) is 13.4. The van der Waals surface area contributed by atoms with E-state index in [0.717, 1.165) is 52.1 Å². The predicted molar refractivity (Wildman–Crippen MR) is 74.4 cm³/mol. The third-order valence-corrected chi connectivity index (χ3v) is 3.61. The molecule has 106 valence electrons. The van der Waals surface area contributed by atoms with Crippen LogP contribution < -0.4 is 11.1 Å². The fraction of sp³-hybridized carbons (Fsp3) is 0.923. The van der Waals surface area contributed by atoms with Crippen molar-refractivity contribution >= 4 is 5.91 Å². The van der Waals surface area contributed by atoms with Crippen LogP contribution >= 0.6 is 0 Å². The number of nitrogens with zero attached hydrogens (tertiary/aromatic N) is 2. The van der Waals surface area contributed by atoms with Gasteiger partial charge in [-0.2, -0.15) is 0 Å². The van der Waals surface area contributed by atoms with Gasteiger partial charge < -0.3 is 11.1 Å². The fourth-order valence-corrected chi connectivity index (χ4v) is 2.26.